The van der Waals surface area contributed by atoms with Crippen LogP contribution in [0.1, 0.15) is 22.0 Å². The summed E-state index contributed by atoms with van der Waals surface area (Å²) in [5.41, 5.74) is 3.02. The SMILES string of the molecule is O=C(NC(CO)c1ccccc1)c1ccc2nc[nH]c2c1. The monoisotopic (exact) mass is 281 g/mol. The molecule has 1 unspecified atom stereocenters. The van der Waals surface area contributed by atoms with Gasteiger partial charge in [-0.2, -0.15) is 0 Å². The number of hydrogen-bond acceptors (Lipinski definition) is 3. The molecule has 1 heterocycles. The molecule has 0 aliphatic carbocycles. The average molecular weight is 281 g/mol. The molecule has 0 saturated heterocycles. The maximum Gasteiger partial charge on any atom is 0.251 e. The molecule has 1 aromatic heterocycles. The number of amides is 1. The lowest BCUT2D eigenvalue weighted by atomic mass is 10.1. The molecule has 0 bridgehead atoms. The number of aliphatic hydroxyl groups excluding tert-OH is 1. The van der Waals surface area contributed by atoms with Crippen molar-refractivity contribution in [2.24, 2.45) is 0 Å². The number of benzene rings is 2. The zero-order valence-corrected chi connectivity index (χ0v) is 11.3. The lowest BCUT2D eigenvalue weighted by Crippen LogP contribution is -2.30. The molecule has 3 N–H and O–H groups in total. The molecule has 0 fully saturated rings. The van der Waals surface area contributed by atoms with Crippen molar-refractivity contribution >= 4 is 16.9 Å². The van der Waals surface area contributed by atoms with Gasteiger partial charge in [0.15, 0.2) is 0 Å². The van der Waals surface area contributed by atoms with Crippen molar-refractivity contribution in [3.05, 3.63) is 66.0 Å². The number of nitrogens with one attached hydrogen (secondary N) is 2. The van der Waals surface area contributed by atoms with Crippen LogP contribution in [-0.4, -0.2) is 27.6 Å². The predicted molar refractivity (Wildman–Crippen MR) is 79.8 cm³/mol. The van der Waals surface area contributed by atoms with Crippen molar-refractivity contribution in [2.45, 2.75) is 6.04 Å². The molecule has 1 atom stereocenters. The lowest BCUT2D eigenvalue weighted by Gasteiger charge is -2.16. The van der Waals surface area contributed by atoms with E-state index < -0.39 is 6.04 Å². The first-order chi connectivity index (χ1) is 10.3. The third kappa shape index (κ3) is 2.78. The summed E-state index contributed by atoms with van der Waals surface area (Å²) in [6.45, 7) is -0.151. The molecule has 0 spiro atoms. The second-order valence-electron chi connectivity index (χ2n) is 4.75. The van der Waals surface area contributed by atoms with Crippen LogP contribution in [0.2, 0.25) is 0 Å². The van der Waals surface area contributed by atoms with E-state index in [2.05, 4.69) is 15.3 Å². The van der Waals surface area contributed by atoms with Gasteiger partial charge in [0.1, 0.15) is 0 Å². The quantitative estimate of drug-likeness (QED) is 0.684. The van der Waals surface area contributed by atoms with Gasteiger partial charge in [-0.05, 0) is 23.8 Å². The minimum Gasteiger partial charge on any atom is -0.394 e. The van der Waals surface area contributed by atoms with E-state index in [1.807, 2.05) is 30.3 Å². The zero-order valence-electron chi connectivity index (χ0n) is 11.3. The van der Waals surface area contributed by atoms with Crippen LogP contribution >= 0.6 is 0 Å². The maximum atomic E-state index is 12.3. The minimum absolute atomic E-state index is 0.151. The van der Waals surface area contributed by atoms with Crippen molar-refractivity contribution in [2.75, 3.05) is 6.61 Å². The first-order valence-corrected chi connectivity index (χ1v) is 6.68. The molecule has 106 valence electrons. The molecule has 0 saturated carbocycles. The second kappa shape index (κ2) is 5.76. The van der Waals surface area contributed by atoms with Crippen LogP contribution in [0.4, 0.5) is 0 Å². The highest BCUT2D eigenvalue weighted by Gasteiger charge is 2.15. The summed E-state index contributed by atoms with van der Waals surface area (Å²) in [5.74, 6) is -0.227. The number of nitrogens with zero attached hydrogens (tertiary/aromatic N) is 1. The van der Waals surface area contributed by atoms with Crippen molar-refractivity contribution < 1.29 is 9.90 Å². The highest BCUT2D eigenvalue weighted by Crippen LogP contribution is 2.15. The van der Waals surface area contributed by atoms with Crippen LogP contribution in [-0.2, 0) is 0 Å². The van der Waals surface area contributed by atoms with Crippen LogP contribution in [0.3, 0.4) is 0 Å². The average Bonchev–Trinajstić information content (AvgIpc) is 3.00. The Morgan fingerprint density at radius 2 is 2.05 bits per heavy atom. The van der Waals surface area contributed by atoms with E-state index in [0.29, 0.717) is 5.56 Å². The smallest absolute Gasteiger partial charge is 0.251 e. The van der Waals surface area contributed by atoms with Crippen LogP contribution in [0.25, 0.3) is 11.0 Å². The van der Waals surface area contributed by atoms with Gasteiger partial charge in [-0.3, -0.25) is 4.79 Å². The number of carbonyl (C=O) groups excluding carboxylic acids is 1. The van der Waals surface area contributed by atoms with Gasteiger partial charge in [-0.15, -0.1) is 0 Å². The topological polar surface area (TPSA) is 78.0 Å². The Labute approximate surface area is 121 Å². The molecule has 5 nitrogen and oxygen atoms in total. The van der Waals surface area contributed by atoms with Gasteiger partial charge in [-0.25, -0.2) is 4.98 Å². The van der Waals surface area contributed by atoms with E-state index in [-0.39, 0.29) is 12.5 Å². The van der Waals surface area contributed by atoms with E-state index >= 15 is 0 Å². The molecule has 0 aliphatic rings. The summed E-state index contributed by atoms with van der Waals surface area (Å²) in [6.07, 6.45) is 1.59. The van der Waals surface area contributed by atoms with E-state index in [0.717, 1.165) is 16.6 Å². The van der Waals surface area contributed by atoms with Crippen LogP contribution in [0.15, 0.2) is 54.9 Å². The number of fused-ring (bicyclic) bond motifs is 1. The maximum absolute atomic E-state index is 12.3. The molecule has 1 amide bonds. The molecular formula is C16H15N3O2. The summed E-state index contributed by atoms with van der Waals surface area (Å²) in [5, 5.41) is 12.3. The summed E-state index contributed by atoms with van der Waals surface area (Å²) in [6, 6.07) is 14.2. The number of rotatable bonds is 4. The van der Waals surface area contributed by atoms with Crippen LogP contribution < -0.4 is 5.32 Å². The van der Waals surface area contributed by atoms with Crippen LogP contribution in [0, 0.1) is 0 Å². The lowest BCUT2D eigenvalue weighted by molar-refractivity contribution is 0.0916. The summed E-state index contributed by atoms with van der Waals surface area (Å²) >= 11 is 0. The fourth-order valence-corrected chi connectivity index (χ4v) is 2.24. The van der Waals surface area contributed by atoms with Gasteiger partial charge in [-0.1, -0.05) is 30.3 Å². The Kier molecular flexibility index (Phi) is 3.66. The Balaban J connectivity index is 1.81. The van der Waals surface area contributed by atoms with Crippen molar-refractivity contribution in [1.29, 1.82) is 0 Å². The van der Waals surface area contributed by atoms with Crippen LogP contribution in [0.5, 0.6) is 0 Å². The van der Waals surface area contributed by atoms with Gasteiger partial charge in [0.25, 0.3) is 5.91 Å². The largest absolute Gasteiger partial charge is 0.394 e. The van der Waals surface area contributed by atoms with Gasteiger partial charge in [0.2, 0.25) is 0 Å². The van der Waals surface area contributed by atoms with Crippen molar-refractivity contribution in [3.8, 4) is 0 Å². The number of imidazole rings is 1. The standard InChI is InChI=1S/C16H15N3O2/c20-9-15(11-4-2-1-3-5-11)19-16(21)12-6-7-13-14(8-12)18-10-17-13/h1-8,10,15,20H,9H2,(H,17,18)(H,19,21). The Hall–Kier alpha value is -2.66. The normalized spacial score (nSPS) is 12.2. The highest BCUT2D eigenvalue weighted by molar-refractivity contribution is 5.97. The van der Waals surface area contributed by atoms with Crippen molar-refractivity contribution in [3.63, 3.8) is 0 Å². The number of H-pyrrole nitrogens is 1. The van der Waals surface area contributed by atoms with E-state index in [1.54, 1.807) is 24.5 Å². The first kappa shape index (κ1) is 13.3. The summed E-state index contributed by atoms with van der Waals surface area (Å²) < 4.78 is 0. The Morgan fingerprint density at radius 3 is 2.81 bits per heavy atom. The minimum atomic E-state index is -0.420. The third-order valence-corrected chi connectivity index (χ3v) is 3.37. The molecule has 2 aromatic carbocycles. The molecule has 5 heteroatoms. The fraction of sp³-hybridized carbons (Fsp3) is 0.125. The molecule has 0 aliphatic heterocycles. The second-order valence-corrected chi connectivity index (χ2v) is 4.75. The number of aromatic nitrogens is 2. The summed E-state index contributed by atoms with van der Waals surface area (Å²) in [7, 11) is 0. The molecule has 3 rings (SSSR count). The summed E-state index contributed by atoms with van der Waals surface area (Å²) in [4.78, 5) is 19.4. The van der Waals surface area contributed by atoms with Gasteiger partial charge in [0.05, 0.1) is 30.0 Å². The van der Waals surface area contributed by atoms with E-state index in [9.17, 15) is 9.90 Å². The Morgan fingerprint density at radius 1 is 1.24 bits per heavy atom. The predicted octanol–water partition coefficient (Wildman–Crippen LogP) is 2.03. The molecular weight excluding hydrogens is 266 g/mol. The highest BCUT2D eigenvalue weighted by atomic mass is 16.3. The molecule has 3 aromatic rings. The first-order valence-electron chi connectivity index (χ1n) is 6.68. The van der Waals surface area contributed by atoms with Gasteiger partial charge in [0, 0.05) is 5.56 Å². The van der Waals surface area contributed by atoms with E-state index in [1.165, 1.54) is 0 Å². The fourth-order valence-electron chi connectivity index (χ4n) is 2.24. The van der Waals surface area contributed by atoms with Gasteiger partial charge >= 0.3 is 0 Å². The number of carbonyl (C=O) groups is 1. The van der Waals surface area contributed by atoms with Gasteiger partial charge < -0.3 is 15.4 Å². The Bertz CT molecular complexity index is 752. The van der Waals surface area contributed by atoms with E-state index in [4.69, 9.17) is 0 Å². The van der Waals surface area contributed by atoms with Crippen molar-refractivity contribution in [1.82, 2.24) is 15.3 Å². The number of aromatic amines is 1. The number of hydrogen-bond donors (Lipinski definition) is 3. The molecule has 21 heavy (non-hydrogen) atoms. The molecule has 0 radical (unpaired) electrons. The third-order valence-electron chi connectivity index (χ3n) is 3.37. The zero-order chi connectivity index (χ0) is 14.7. The number of aliphatic hydroxyl groups is 1.